The lowest BCUT2D eigenvalue weighted by atomic mass is 10.2. The third-order valence-electron chi connectivity index (χ3n) is 2.67. The molecule has 1 heterocycles. The predicted octanol–water partition coefficient (Wildman–Crippen LogP) is 1.64. The maximum atomic E-state index is 4.07. The van der Waals surface area contributed by atoms with Gasteiger partial charge >= 0.3 is 0 Å². The van der Waals surface area contributed by atoms with Crippen molar-refractivity contribution in [2.75, 3.05) is 6.54 Å². The van der Waals surface area contributed by atoms with Gasteiger partial charge in [0, 0.05) is 0 Å². The van der Waals surface area contributed by atoms with E-state index in [1.807, 2.05) is 12.1 Å². The topological polar surface area (TPSA) is 55.6 Å². The molecule has 0 radical (unpaired) electrons. The number of rotatable bonds is 4. The molecule has 5 heteroatoms. The van der Waals surface area contributed by atoms with Crippen molar-refractivity contribution in [1.82, 2.24) is 25.5 Å². The van der Waals surface area contributed by atoms with Crippen molar-refractivity contribution < 1.29 is 0 Å². The third-order valence-corrected chi connectivity index (χ3v) is 2.67. The summed E-state index contributed by atoms with van der Waals surface area (Å²) in [6.45, 7) is 7.07. The van der Waals surface area contributed by atoms with Crippen LogP contribution in [-0.4, -0.2) is 26.8 Å². The summed E-state index contributed by atoms with van der Waals surface area (Å²) in [4.78, 5) is 0. The number of tetrazole rings is 1. The smallest absolute Gasteiger partial charge is 0.173 e. The van der Waals surface area contributed by atoms with Gasteiger partial charge in [0.2, 0.25) is 0 Å². The molecule has 0 amide bonds. The van der Waals surface area contributed by atoms with Gasteiger partial charge in [0.15, 0.2) is 5.82 Å². The Morgan fingerprint density at radius 2 is 2.00 bits per heavy atom. The SMILES string of the molecule is CCNC(C)c1nnnn1-c1ccc(C)cc1. The molecule has 1 aromatic heterocycles. The van der Waals surface area contributed by atoms with Gasteiger partial charge in [-0.3, -0.25) is 0 Å². The van der Waals surface area contributed by atoms with Gasteiger partial charge in [0.25, 0.3) is 0 Å². The van der Waals surface area contributed by atoms with Crippen LogP contribution in [0.5, 0.6) is 0 Å². The van der Waals surface area contributed by atoms with Crippen molar-refractivity contribution in [3.8, 4) is 5.69 Å². The fourth-order valence-corrected chi connectivity index (χ4v) is 1.73. The summed E-state index contributed by atoms with van der Waals surface area (Å²) >= 11 is 0. The molecule has 0 aliphatic rings. The molecule has 1 unspecified atom stereocenters. The number of benzene rings is 1. The van der Waals surface area contributed by atoms with Gasteiger partial charge in [-0.05, 0) is 43.0 Å². The minimum Gasteiger partial charge on any atom is -0.308 e. The molecule has 5 nitrogen and oxygen atoms in total. The van der Waals surface area contributed by atoms with E-state index in [0.29, 0.717) is 0 Å². The Morgan fingerprint density at radius 3 is 2.65 bits per heavy atom. The average Bonchev–Trinajstić information content (AvgIpc) is 2.79. The van der Waals surface area contributed by atoms with E-state index in [0.717, 1.165) is 18.1 Å². The second-order valence-electron chi connectivity index (χ2n) is 4.06. The van der Waals surface area contributed by atoms with Crippen molar-refractivity contribution >= 4 is 0 Å². The first-order valence-corrected chi connectivity index (χ1v) is 5.81. The number of hydrogen-bond donors (Lipinski definition) is 1. The third kappa shape index (κ3) is 2.50. The Bertz CT molecular complexity index is 474. The Balaban J connectivity index is 2.33. The molecule has 17 heavy (non-hydrogen) atoms. The van der Waals surface area contributed by atoms with E-state index in [4.69, 9.17) is 0 Å². The fraction of sp³-hybridized carbons (Fsp3) is 0.417. The Morgan fingerprint density at radius 1 is 1.29 bits per heavy atom. The zero-order valence-electron chi connectivity index (χ0n) is 10.4. The molecule has 0 aliphatic heterocycles. The molecule has 1 N–H and O–H groups in total. The van der Waals surface area contributed by atoms with Gasteiger partial charge in [0.1, 0.15) is 0 Å². The lowest BCUT2D eigenvalue weighted by Gasteiger charge is -2.11. The molecular formula is C12H17N5. The number of aryl methyl sites for hydroxylation is 1. The molecule has 0 saturated carbocycles. The zero-order valence-corrected chi connectivity index (χ0v) is 10.4. The summed E-state index contributed by atoms with van der Waals surface area (Å²) in [5.74, 6) is 0.829. The maximum Gasteiger partial charge on any atom is 0.173 e. The van der Waals surface area contributed by atoms with Crippen LogP contribution >= 0.6 is 0 Å². The fourth-order valence-electron chi connectivity index (χ4n) is 1.73. The standard InChI is InChI=1S/C12H17N5/c1-4-13-10(3)12-14-15-16-17(12)11-7-5-9(2)6-8-11/h5-8,10,13H,4H2,1-3H3. The van der Waals surface area contributed by atoms with Gasteiger partial charge in [-0.2, -0.15) is 4.68 Å². The summed E-state index contributed by atoms with van der Waals surface area (Å²) < 4.78 is 1.77. The van der Waals surface area contributed by atoms with E-state index in [1.54, 1.807) is 4.68 Å². The highest BCUT2D eigenvalue weighted by Gasteiger charge is 2.14. The van der Waals surface area contributed by atoms with Crippen LogP contribution in [0.3, 0.4) is 0 Å². The van der Waals surface area contributed by atoms with E-state index in [2.05, 4.69) is 53.7 Å². The maximum absolute atomic E-state index is 4.07. The van der Waals surface area contributed by atoms with Crippen molar-refractivity contribution in [1.29, 1.82) is 0 Å². The molecule has 0 bridgehead atoms. The molecule has 2 aromatic rings. The molecule has 1 atom stereocenters. The summed E-state index contributed by atoms with van der Waals surface area (Å²) in [6, 6.07) is 8.29. The summed E-state index contributed by atoms with van der Waals surface area (Å²) in [6.07, 6.45) is 0. The molecule has 1 aromatic carbocycles. The van der Waals surface area contributed by atoms with Crippen LogP contribution in [-0.2, 0) is 0 Å². The number of nitrogens with one attached hydrogen (secondary N) is 1. The summed E-state index contributed by atoms with van der Waals surface area (Å²) in [5, 5.41) is 15.2. The minimum atomic E-state index is 0.135. The van der Waals surface area contributed by atoms with E-state index in [-0.39, 0.29) is 6.04 Å². The second-order valence-corrected chi connectivity index (χ2v) is 4.06. The Kier molecular flexibility index (Phi) is 3.49. The molecule has 0 aliphatic carbocycles. The van der Waals surface area contributed by atoms with E-state index in [9.17, 15) is 0 Å². The van der Waals surface area contributed by atoms with E-state index in [1.165, 1.54) is 5.56 Å². The molecular weight excluding hydrogens is 214 g/mol. The molecule has 90 valence electrons. The Labute approximate surface area is 101 Å². The average molecular weight is 231 g/mol. The largest absolute Gasteiger partial charge is 0.308 e. The first kappa shape index (κ1) is 11.7. The molecule has 2 rings (SSSR count). The van der Waals surface area contributed by atoms with Gasteiger partial charge in [-0.25, -0.2) is 0 Å². The van der Waals surface area contributed by atoms with E-state index >= 15 is 0 Å². The summed E-state index contributed by atoms with van der Waals surface area (Å²) in [7, 11) is 0. The monoisotopic (exact) mass is 231 g/mol. The predicted molar refractivity (Wildman–Crippen MR) is 66.0 cm³/mol. The van der Waals surface area contributed by atoms with Crippen molar-refractivity contribution in [2.45, 2.75) is 26.8 Å². The van der Waals surface area contributed by atoms with Crippen molar-refractivity contribution in [3.63, 3.8) is 0 Å². The highest BCUT2D eigenvalue weighted by molar-refractivity contribution is 5.34. The molecule has 0 spiro atoms. The molecule has 0 saturated heterocycles. The van der Waals surface area contributed by atoms with Crippen molar-refractivity contribution in [3.05, 3.63) is 35.7 Å². The minimum absolute atomic E-state index is 0.135. The Hall–Kier alpha value is -1.75. The molecule has 0 fully saturated rings. The normalized spacial score (nSPS) is 12.6. The van der Waals surface area contributed by atoms with Gasteiger partial charge in [-0.15, -0.1) is 5.10 Å². The first-order valence-electron chi connectivity index (χ1n) is 5.81. The highest BCUT2D eigenvalue weighted by atomic mass is 15.5. The van der Waals surface area contributed by atoms with Gasteiger partial charge in [0.05, 0.1) is 11.7 Å². The van der Waals surface area contributed by atoms with Gasteiger partial charge in [-0.1, -0.05) is 24.6 Å². The second kappa shape index (κ2) is 5.05. The van der Waals surface area contributed by atoms with E-state index < -0.39 is 0 Å². The van der Waals surface area contributed by atoms with Crippen LogP contribution in [0, 0.1) is 6.92 Å². The number of nitrogens with zero attached hydrogens (tertiary/aromatic N) is 4. The first-order chi connectivity index (χ1) is 8.22. The van der Waals surface area contributed by atoms with Crippen molar-refractivity contribution in [2.24, 2.45) is 0 Å². The van der Waals surface area contributed by atoms with Crippen LogP contribution in [0.4, 0.5) is 0 Å². The summed E-state index contributed by atoms with van der Waals surface area (Å²) in [5.41, 5.74) is 2.21. The highest BCUT2D eigenvalue weighted by Crippen LogP contribution is 2.14. The quantitative estimate of drug-likeness (QED) is 0.869. The van der Waals surface area contributed by atoms with Gasteiger partial charge < -0.3 is 5.32 Å². The van der Waals surface area contributed by atoms with Crippen LogP contribution in [0.25, 0.3) is 5.69 Å². The van der Waals surface area contributed by atoms with Crippen LogP contribution in [0.1, 0.15) is 31.3 Å². The number of hydrogen-bond acceptors (Lipinski definition) is 4. The lowest BCUT2D eigenvalue weighted by molar-refractivity contribution is 0.550. The van der Waals surface area contributed by atoms with Crippen LogP contribution < -0.4 is 5.32 Å². The lowest BCUT2D eigenvalue weighted by Crippen LogP contribution is -2.21. The van der Waals surface area contributed by atoms with Crippen LogP contribution in [0.2, 0.25) is 0 Å². The number of aromatic nitrogens is 4. The zero-order chi connectivity index (χ0) is 12.3. The van der Waals surface area contributed by atoms with Crippen LogP contribution in [0.15, 0.2) is 24.3 Å².